The number of rotatable bonds is 5. The van der Waals surface area contributed by atoms with Crippen LogP contribution in [-0.2, 0) is 0 Å². The third kappa shape index (κ3) is 4.54. The Bertz CT molecular complexity index is 819. The van der Waals surface area contributed by atoms with E-state index in [1.54, 1.807) is 29.8 Å². The molecular weight excluding hydrogens is 332 g/mol. The first kappa shape index (κ1) is 17.4. The fraction of sp³-hybridized carbons (Fsp3) is 0.316. The number of H-pyrrole nitrogens is 1. The van der Waals surface area contributed by atoms with E-state index in [2.05, 4.69) is 41.3 Å². The molecule has 130 valence electrons. The zero-order valence-electron chi connectivity index (χ0n) is 14.6. The largest absolute Gasteiger partial charge is 0.344 e. The number of nitrogens with one attached hydrogen (secondary N) is 2. The van der Waals surface area contributed by atoms with Crippen molar-refractivity contribution in [1.29, 1.82) is 0 Å². The summed E-state index contributed by atoms with van der Waals surface area (Å²) in [6, 6.07) is 7.55. The SMILES string of the molecule is CC(C)(C)C[C@@H](NC(=O)c1cc(-c2ccsc2)n[nH]1)c1cccnc1. The highest BCUT2D eigenvalue weighted by Crippen LogP contribution is 2.29. The molecule has 0 aromatic carbocycles. The Hall–Kier alpha value is -2.47. The van der Waals surface area contributed by atoms with Gasteiger partial charge in [0, 0.05) is 23.3 Å². The lowest BCUT2D eigenvalue weighted by Gasteiger charge is -2.26. The van der Waals surface area contributed by atoms with Crippen molar-refractivity contribution in [3.8, 4) is 11.3 Å². The number of carbonyl (C=O) groups excluding carboxylic acids is 1. The van der Waals surface area contributed by atoms with Crippen molar-refractivity contribution in [1.82, 2.24) is 20.5 Å². The van der Waals surface area contributed by atoms with Crippen LogP contribution >= 0.6 is 11.3 Å². The molecule has 0 spiro atoms. The molecule has 3 aromatic rings. The molecule has 25 heavy (non-hydrogen) atoms. The Morgan fingerprint density at radius 1 is 1.36 bits per heavy atom. The second-order valence-corrected chi connectivity index (χ2v) is 8.04. The van der Waals surface area contributed by atoms with E-state index in [1.807, 2.05) is 29.0 Å². The first-order valence-corrected chi connectivity index (χ1v) is 9.15. The molecule has 0 radical (unpaired) electrons. The fourth-order valence-electron chi connectivity index (χ4n) is 2.68. The Balaban J connectivity index is 1.78. The van der Waals surface area contributed by atoms with Crippen LogP contribution in [0.15, 0.2) is 47.4 Å². The van der Waals surface area contributed by atoms with Crippen molar-refractivity contribution in [3.63, 3.8) is 0 Å². The van der Waals surface area contributed by atoms with E-state index in [0.717, 1.165) is 23.2 Å². The molecule has 0 unspecified atom stereocenters. The maximum atomic E-state index is 12.7. The summed E-state index contributed by atoms with van der Waals surface area (Å²) in [4.78, 5) is 16.9. The standard InChI is InChI=1S/C19H22N4OS/c1-19(2,3)10-17(13-5-4-7-20-11-13)21-18(24)16-9-15(22-23-16)14-6-8-25-12-14/h4-9,11-12,17H,10H2,1-3H3,(H,21,24)(H,22,23)/t17-/m1/s1. The van der Waals surface area contributed by atoms with Crippen LogP contribution in [0.2, 0.25) is 0 Å². The van der Waals surface area contributed by atoms with Crippen molar-refractivity contribution >= 4 is 17.2 Å². The lowest BCUT2D eigenvalue weighted by Crippen LogP contribution is -2.31. The van der Waals surface area contributed by atoms with Crippen LogP contribution in [0.3, 0.4) is 0 Å². The Morgan fingerprint density at radius 2 is 2.20 bits per heavy atom. The van der Waals surface area contributed by atoms with Crippen LogP contribution in [0.4, 0.5) is 0 Å². The van der Waals surface area contributed by atoms with Crippen molar-refractivity contribution in [2.24, 2.45) is 5.41 Å². The summed E-state index contributed by atoms with van der Waals surface area (Å²) >= 11 is 1.60. The van der Waals surface area contributed by atoms with Gasteiger partial charge in [-0.1, -0.05) is 26.8 Å². The van der Waals surface area contributed by atoms with Crippen molar-refractivity contribution in [2.45, 2.75) is 33.2 Å². The van der Waals surface area contributed by atoms with Gasteiger partial charge < -0.3 is 5.32 Å². The van der Waals surface area contributed by atoms with Gasteiger partial charge in [0.05, 0.1) is 11.7 Å². The zero-order valence-corrected chi connectivity index (χ0v) is 15.4. The van der Waals surface area contributed by atoms with Gasteiger partial charge in [0.15, 0.2) is 0 Å². The minimum absolute atomic E-state index is 0.0730. The molecule has 0 saturated heterocycles. The normalized spacial score (nSPS) is 12.8. The van der Waals surface area contributed by atoms with E-state index < -0.39 is 0 Å². The number of hydrogen-bond donors (Lipinski definition) is 2. The molecule has 2 N–H and O–H groups in total. The van der Waals surface area contributed by atoms with E-state index in [-0.39, 0.29) is 17.4 Å². The molecule has 3 aromatic heterocycles. The lowest BCUT2D eigenvalue weighted by molar-refractivity contribution is 0.0921. The average Bonchev–Trinajstić information content (AvgIpc) is 3.25. The molecule has 0 aliphatic carbocycles. The van der Waals surface area contributed by atoms with E-state index in [0.29, 0.717) is 5.69 Å². The molecule has 3 rings (SSSR count). The van der Waals surface area contributed by atoms with Gasteiger partial charge in [0.1, 0.15) is 5.69 Å². The van der Waals surface area contributed by atoms with Gasteiger partial charge in [-0.3, -0.25) is 14.9 Å². The van der Waals surface area contributed by atoms with Crippen LogP contribution in [0, 0.1) is 5.41 Å². The lowest BCUT2D eigenvalue weighted by atomic mass is 9.86. The Kier molecular flexibility index (Phi) is 4.99. The van der Waals surface area contributed by atoms with Gasteiger partial charge in [-0.15, -0.1) is 0 Å². The van der Waals surface area contributed by atoms with Gasteiger partial charge in [-0.2, -0.15) is 16.4 Å². The van der Waals surface area contributed by atoms with Crippen LogP contribution in [0.1, 0.15) is 49.3 Å². The Labute approximate surface area is 151 Å². The second kappa shape index (κ2) is 7.19. The quantitative estimate of drug-likeness (QED) is 0.711. The molecule has 3 heterocycles. The molecule has 0 aliphatic heterocycles. The third-order valence-corrected chi connectivity index (χ3v) is 4.53. The highest BCUT2D eigenvalue weighted by atomic mass is 32.1. The predicted octanol–water partition coefficient (Wildman–Crippen LogP) is 4.44. The molecule has 0 aliphatic rings. The van der Waals surface area contributed by atoms with Gasteiger partial charge in [-0.25, -0.2) is 0 Å². The topological polar surface area (TPSA) is 70.7 Å². The second-order valence-electron chi connectivity index (χ2n) is 7.26. The number of pyridine rings is 1. The summed E-state index contributed by atoms with van der Waals surface area (Å²) in [5, 5.41) is 14.2. The average molecular weight is 354 g/mol. The van der Waals surface area contributed by atoms with Crippen molar-refractivity contribution < 1.29 is 4.79 Å². The van der Waals surface area contributed by atoms with Gasteiger partial charge in [0.2, 0.25) is 0 Å². The van der Waals surface area contributed by atoms with Crippen molar-refractivity contribution in [2.75, 3.05) is 0 Å². The van der Waals surface area contributed by atoms with Crippen LogP contribution < -0.4 is 5.32 Å². The first-order valence-electron chi connectivity index (χ1n) is 8.21. The van der Waals surface area contributed by atoms with Crippen LogP contribution in [-0.4, -0.2) is 21.1 Å². The minimum Gasteiger partial charge on any atom is -0.344 e. The molecule has 1 atom stereocenters. The van der Waals surface area contributed by atoms with Crippen molar-refractivity contribution in [3.05, 3.63) is 58.7 Å². The number of amides is 1. The monoisotopic (exact) mass is 354 g/mol. The summed E-state index contributed by atoms with van der Waals surface area (Å²) in [5.74, 6) is -0.160. The van der Waals surface area contributed by atoms with Crippen LogP contribution in [0.5, 0.6) is 0 Å². The molecule has 0 fully saturated rings. The summed E-state index contributed by atoms with van der Waals surface area (Å²) in [5.41, 5.74) is 3.33. The number of aromatic nitrogens is 3. The Morgan fingerprint density at radius 3 is 2.84 bits per heavy atom. The molecule has 5 nitrogen and oxygen atoms in total. The predicted molar refractivity (Wildman–Crippen MR) is 100 cm³/mol. The fourth-order valence-corrected chi connectivity index (χ4v) is 3.33. The van der Waals surface area contributed by atoms with E-state index in [9.17, 15) is 4.79 Å². The highest BCUT2D eigenvalue weighted by Gasteiger charge is 2.23. The molecule has 1 amide bonds. The smallest absolute Gasteiger partial charge is 0.269 e. The maximum absolute atomic E-state index is 12.7. The van der Waals surface area contributed by atoms with E-state index in [4.69, 9.17) is 0 Å². The molecule has 6 heteroatoms. The number of aromatic amines is 1. The summed E-state index contributed by atoms with van der Waals surface area (Å²) < 4.78 is 0. The van der Waals surface area contributed by atoms with Gasteiger partial charge >= 0.3 is 0 Å². The van der Waals surface area contributed by atoms with Gasteiger partial charge in [0.25, 0.3) is 5.91 Å². The molecular formula is C19H22N4OS. The van der Waals surface area contributed by atoms with Gasteiger partial charge in [-0.05, 0) is 41.0 Å². The van der Waals surface area contributed by atoms with E-state index >= 15 is 0 Å². The number of nitrogens with zero attached hydrogens (tertiary/aromatic N) is 2. The maximum Gasteiger partial charge on any atom is 0.269 e. The molecule has 0 saturated carbocycles. The number of thiophene rings is 1. The minimum atomic E-state index is -0.160. The van der Waals surface area contributed by atoms with E-state index in [1.165, 1.54) is 0 Å². The number of hydrogen-bond acceptors (Lipinski definition) is 4. The summed E-state index contributed by atoms with van der Waals surface area (Å²) in [7, 11) is 0. The number of carbonyl (C=O) groups is 1. The first-order chi connectivity index (χ1) is 11.9. The summed E-state index contributed by atoms with van der Waals surface area (Å²) in [6.45, 7) is 6.48. The molecule has 0 bridgehead atoms. The zero-order chi connectivity index (χ0) is 17.9. The van der Waals surface area contributed by atoms with Crippen LogP contribution in [0.25, 0.3) is 11.3 Å². The highest BCUT2D eigenvalue weighted by molar-refractivity contribution is 7.08. The summed E-state index contributed by atoms with van der Waals surface area (Å²) in [6.07, 6.45) is 4.36. The third-order valence-electron chi connectivity index (χ3n) is 3.85.